The molecule has 0 atom stereocenters. The number of halogens is 1. The van der Waals surface area contributed by atoms with Gasteiger partial charge in [-0.25, -0.2) is 4.39 Å². The molecule has 1 heterocycles. The second-order valence-corrected chi connectivity index (χ2v) is 4.59. The van der Waals surface area contributed by atoms with Crippen LogP contribution in [0.5, 0.6) is 0 Å². The van der Waals surface area contributed by atoms with Gasteiger partial charge >= 0.3 is 0 Å². The van der Waals surface area contributed by atoms with E-state index in [0.29, 0.717) is 18.4 Å². The van der Waals surface area contributed by atoms with Gasteiger partial charge < -0.3 is 9.84 Å². The molecule has 0 radical (unpaired) electrons. The Bertz CT molecular complexity index is 654. The second-order valence-electron chi connectivity index (χ2n) is 4.59. The van der Waals surface area contributed by atoms with Crippen molar-refractivity contribution in [3.63, 3.8) is 0 Å². The molecular weight excluding hydrogens is 267 g/mol. The third-order valence-electron chi connectivity index (χ3n) is 2.98. The van der Waals surface area contributed by atoms with Crippen LogP contribution in [-0.2, 0) is 6.54 Å². The van der Waals surface area contributed by atoms with E-state index in [4.69, 9.17) is 4.52 Å². The Hall–Kier alpha value is -2.35. The topological polar surface area (TPSA) is 94.1 Å². The molecular formula is C12H11FN4O3. The highest BCUT2D eigenvalue weighted by molar-refractivity contribution is 5.66. The number of hydrogen-bond donors (Lipinski definition) is 1. The highest BCUT2D eigenvalue weighted by atomic mass is 19.1. The number of benzene rings is 1. The molecule has 0 amide bonds. The summed E-state index contributed by atoms with van der Waals surface area (Å²) in [5, 5.41) is 17.8. The zero-order valence-electron chi connectivity index (χ0n) is 10.4. The van der Waals surface area contributed by atoms with Gasteiger partial charge in [0.15, 0.2) is 5.82 Å². The third kappa shape index (κ3) is 2.64. The summed E-state index contributed by atoms with van der Waals surface area (Å²) in [7, 11) is 0. The van der Waals surface area contributed by atoms with Crippen molar-refractivity contribution < 1.29 is 13.8 Å². The first-order chi connectivity index (χ1) is 9.63. The van der Waals surface area contributed by atoms with E-state index >= 15 is 0 Å². The van der Waals surface area contributed by atoms with Crippen LogP contribution in [-0.4, -0.2) is 21.1 Å². The first kappa shape index (κ1) is 12.7. The summed E-state index contributed by atoms with van der Waals surface area (Å²) in [4.78, 5) is 14.4. The highest BCUT2D eigenvalue weighted by Gasteiger charge is 2.23. The van der Waals surface area contributed by atoms with Gasteiger partial charge in [-0.1, -0.05) is 5.16 Å². The summed E-state index contributed by atoms with van der Waals surface area (Å²) in [6.07, 6.45) is 2.25. The molecule has 3 rings (SSSR count). The SMILES string of the molecule is O=[N+]([O-])c1ccc(F)cc1-c1nc(CNC2CC2)no1. The Labute approximate surface area is 112 Å². The average molecular weight is 278 g/mol. The largest absolute Gasteiger partial charge is 0.334 e. The van der Waals surface area contributed by atoms with Crippen LogP contribution in [0.15, 0.2) is 22.7 Å². The summed E-state index contributed by atoms with van der Waals surface area (Å²) < 4.78 is 18.2. The average Bonchev–Trinajstić information content (AvgIpc) is 3.13. The lowest BCUT2D eigenvalue weighted by molar-refractivity contribution is -0.384. The van der Waals surface area contributed by atoms with Crippen molar-refractivity contribution in [2.24, 2.45) is 0 Å². The predicted molar refractivity (Wildman–Crippen MR) is 66.2 cm³/mol. The molecule has 1 aromatic carbocycles. The molecule has 1 aliphatic rings. The molecule has 1 saturated carbocycles. The van der Waals surface area contributed by atoms with Crippen molar-refractivity contribution in [2.75, 3.05) is 0 Å². The van der Waals surface area contributed by atoms with E-state index in [9.17, 15) is 14.5 Å². The summed E-state index contributed by atoms with van der Waals surface area (Å²) in [6, 6.07) is 3.61. The van der Waals surface area contributed by atoms with E-state index in [0.717, 1.165) is 31.0 Å². The van der Waals surface area contributed by atoms with E-state index in [-0.39, 0.29) is 17.1 Å². The first-order valence-electron chi connectivity index (χ1n) is 6.14. The molecule has 7 nitrogen and oxygen atoms in total. The smallest absolute Gasteiger partial charge is 0.282 e. The van der Waals surface area contributed by atoms with Gasteiger partial charge in [0.05, 0.1) is 11.5 Å². The van der Waals surface area contributed by atoms with E-state index in [1.807, 2.05) is 0 Å². The minimum absolute atomic E-state index is 0.0137. The van der Waals surface area contributed by atoms with Crippen molar-refractivity contribution in [1.82, 2.24) is 15.5 Å². The zero-order chi connectivity index (χ0) is 14.1. The number of nitrogens with one attached hydrogen (secondary N) is 1. The quantitative estimate of drug-likeness (QED) is 0.664. The monoisotopic (exact) mass is 278 g/mol. The zero-order valence-corrected chi connectivity index (χ0v) is 10.4. The van der Waals surface area contributed by atoms with Gasteiger partial charge in [0.2, 0.25) is 0 Å². The van der Waals surface area contributed by atoms with Crippen molar-refractivity contribution >= 4 is 5.69 Å². The lowest BCUT2D eigenvalue weighted by Crippen LogP contribution is -2.16. The molecule has 20 heavy (non-hydrogen) atoms. The molecule has 0 bridgehead atoms. The fraction of sp³-hybridized carbons (Fsp3) is 0.333. The van der Waals surface area contributed by atoms with Crippen LogP contribution in [0.4, 0.5) is 10.1 Å². The standard InChI is InChI=1S/C12H11FN4O3/c13-7-1-4-10(17(18)19)9(5-7)12-15-11(16-20-12)6-14-8-2-3-8/h1,4-5,8,14H,2-3,6H2. The summed E-state index contributed by atoms with van der Waals surface area (Å²) in [5.74, 6) is -0.254. The molecule has 8 heteroatoms. The van der Waals surface area contributed by atoms with Gasteiger partial charge in [0, 0.05) is 12.1 Å². The van der Waals surface area contributed by atoms with Crippen LogP contribution < -0.4 is 5.32 Å². The molecule has 1 fully saturated rings. The second kappa shape index (κ2) is 4.97. The number of rotatable bonds is 5. The van der Waals surface area contributed by atoms with Crippen LogP contribution in [0, 0.1) is 15.9 Å². The van der Waals surface area contributed by atoms with Crippen LogP contribution in [0.25, 0.3) is 11.5 Å². The third-order valence-corrected chi connectivity index (χ3v) is 2.98. The molecule has 0 unspecified atom stereocenters. The number of hydrogen-bond acceptors (Lipinski definition) is 6. The summed E-state index contributed by atoms with van der Waals surface area (Å²) in [6.45, 7) is 0.428. The number of nitro benzene ring substituents is 1. The molecule has 0 spiro atoms. The van der Waals surface area contributed by atoms with Gasteiger partial charge in [0.25, 0.3) is 11.6 Å². The van der Waals surface area contributed by atoms with Crippen molar-refractivity contribution in [2.45, 2.75) is 25.4 Å². The van der Waals surface area contributed by atoms with Crippen LogP contribution in [0.3, 0.4) is 0 Å². The minimum Gasteiger partial charge on any atom is -0.334 e. The fourth-order valence-corrected chi connectivity index (χ4v) is 1.80. The normalized spacial score (nSPS) is 14.4. The van der Waals surface area contributed by atoms with Gasteiger partial charge in [-0.05, 0) is 25.0 Å². The summed E-state index contributed by atoms with van der Waals surface area (Å²) >= 11 is 0. The van der Waals surface area contributed by atoms with Crippen LogP contribution in [0.2, 0.25) is 0 Å². The molecule has 1 aliphatic carbocycles. The van der Waals surface area contributed by atoms with Gasteiger partial charge in [-0.15, -0.1) is 0 Å². The molecule has 0 saturated heterocycles. The van der Waals surface area contributed by atoms with E-state index in [2.05, 4.69) is 15.5 Å². The molecule has 104 valence electrons. The maximum absolute atomic E-state index is 13.2. The van der Waals surface area contributed by atoms with Gasteiger partial charge in [-0.2, -0.15) is 4.98 Å². The Balaban J connectivity index is 1.87. The van der Waals surface area contributed by atoms with E-state index in [1.165, 1.54) is 0 Å². The van der Waals surface area contributed by atoms with E-state index in [1.54, 1.807) is 0 Å². The lowest BCUT2D eigenvalue weighted by Gasteiger charge is -1.97. The first-order valence-corrected chi connectivity index (χ1v) is 6.14. The Kier molecular flexibility index (Phi) is 3.15. The fourth-order valence-electron chi connectivity index (χ4n) is 1.80. The maximum atomic E-state index is 13.2. The lowest BCUT2D eigenvalue weighted by atomic mass is 10.2. The van der Waals surface area contributed by atoms with Gasteiger partial charge in [0.1, 0.15) is 11.4 Å². The van der Waals surface area contributed by atoms with E-state index < -0.39 is 10.7 Å². The minimum atomic E-state index is -0.610. The number of nitro groups is 1. The number of aromatic nitrogens is 2. The van der Waals surface area contributed by atoms with Crippen LogP contribution >= 0.6 is 0 Å². The Morgan fingerprint density at radius 2 is 2.30 bits per heavy atom. The Morgan fingerprint density at radius 3 is 3.00 bits per heavy atom. The summed E-state index contributed by atoms with van der Waals surface area (Å²) in [5.41, 5.74) is -0.281. The van der Waals surface area contributed by atoms with Crippen molar-refractivity contribution in [1.29, 1.82) is 0 Å². The molecule has 1 aromatic heterocycles. The predicted octanol–water partition coefficient (Wildman–Crippen LogP) is 2.04. The Morgan fingerprint density at radius 1 is 1.50 bits per heavy atom. The molecule has 0 aliphatic heterocycles. The van der Waals surface area contributed by atoms with Crippen molar-refractivity contribution in [3.8, 4) is 11.5 Å². The van der Waals surface area contributed by atoms with Gasteiger partial charge in [-0.3, -0.25) is 10.1 Å². The molecule has 1 N–H and O–H groups in total. The highest BCUT2D eigenvalue weighted by Crippen LogP contribution is 2.29. The van der Waals surface area contributed by atoms with Crippen molar-refractivity contribution in [3.05, 3.63) is 40.0 Å². The van der Waals surface area contributed by atoms with Crippen LogP contribution in [0.1, 0.15) is 18.7 Å². The molecule has 2 aromatic rings. The maximum Gasteiger partial charge on any atom is 0.282 e. The number of nitrogens with zero attached hydrogens (tertiary/aromatic N) is 3.